The van der Waals surface area contributed by atoms with E-state index in [2.05, 4.69) is 5.32 Å². The SMILES string of the molecule is O=[N+]([O-])c1cc(Cl)ccc1NCC1(CO)CCCC1. The van der Waals surface area contributed by atoms with Gasteiger partial charge in [0.05, 0.1) is 11.5 Å². The van der Waals surface area contributed by atoms with Crippen molar-refractivity contribution in [3.05, 3.63) is 33.3 Å². The summed E-state index contributed by atoms with van der Waals surface area (Å²) in [6.45, 7) is 0.660. The van der Waals surface area contributed by atoms with Crippen molar-refractivity contribution >= 4 is 23.0 Å². The molecular weight excluding hydrogens is 268 g/mol. The Morgan fingerprint density at radius 3 is 2.68 bits per heavy atom. The maximum absolute atomic E-state index is 11.0. The van der Waals surface area contributed by atoms with Crippen molar-refractivity contribution in [3.8, 4) is 0 Å². The highest BCUT2D eigenvalue weighted by Crippen LogP contribution is 2.38. The van der Waals surface area contributed by atoms with Crippen LogP contribution in [0.2, 0.25) is 5.02 Å². The van der Waals surface area contributed by atoms with Crippen molar-refractivity contribution in [2.45, 2.75) is 25.7 Å². The standard InChI is InChI=1S/C13H17ClN2O3/c14-10-3-4-11(12(7-10)16(18)19)15-8-13(9-17)5-1-2-6-13/h3-4,7,15,17H,1-2,5-6,8-9H2. The summed E-state index contributed by atoms with van der Waals surface area (Å²) in [5, 5.41) is 23.9. The number of hydrogen-bond acceptors (Lipinski definition) is 4. The van der Waals surface area contributed by atoms with Crippen molar-refractivity contribution in [1.29, 1.82) is 0 Å². The summed E-state index contributed by atoms with van der Waals surface area (Å²) >= 11 is 5.77. The van der Waals surface area contributed by atoms with Crippen molar-refractivity contribution in [3.63, 3.8) is 0 Å². The molecule has 0 aliphatic heterocycles. The molecule has 0 radical (unpaired) electrons. The average molecular weight is 285 g/mol. The topological polar surface area (TPSA) is 75.4 Å². The second-order valence-electron chi connectivity index (χ2n) is 5.14. The molecule has 6 heteroatoms. The van der Waals surface area contributed by atoms with Crippen LogP contribution in [-0.4, -0.2) is 23.2 Å². The number of nitro benzene ring substituents is 1. The fourth-order valence-electron chi connectivity index (χ4n) is 2.60. The van der Waals surface area contributed by atoms with Gasteiger partial charge in [-0.3, -0.25) is 10.1 Å². The van der Waals surface area contributed by atoms with E-state index in [1.54, 1.807) is 12.1 Å². The van der Waals surface area contributed by atoms with E-state index in [1.807, 2.05) is 0 Å². The van der Waals surface area contributed by atoms with Crippen LogP contribution in [0.1, 0.15) is 25.7 Å². The quantitative estimate of drug-likeness (QED) is 0.643. The lowest BCUT2D eigenvalue weighted by molar-refractivity contribution is -0.384. The van der Waals surface area contributed by atoms with E-state index in [0.29, 0.717) is 17.3 Å². The highest BCUT2D eigenvalue weighted by atomic mass is 35.5. The third kappa shape index (κ3) is 3.16. The predicted octanol–water partition coefficient (Wildman–Crippen LogP) is 3.21. The summed E-state index contributed by atoms with van der Waals surface area (Å²) in [7, 11) is 0. The summed E-state index contributed by atoms with van der Waals surface area (Å²) < 4.78 is 0. The number of aliphatic hydroxyl groups excluding tert-OH is 1. The zero-order valence-electron chi connectivity index (χ0n) is 10.6. The van der Waals surface area contributed by atoms with Crippen LogP contribution in [0.5, 0.6) is 0 Å². The summed E-state index contributed by atoms with van der Waals surface area (Å²) in [6.07, 6.45) is 4.12. The lowest BCUT2D eigenvalue weighted by Crippen LogP contribution is -2.30. The Kier molecular flexibility index (Phi) is 4.27. The molecule has 1 saturated carbocycles. The summed E-state index contributed by atoms with van der Waals surface area (Å²) in [6, 6.07) is 4.57. The molecule has 0 bridgehead atoms. The molecule has 19 heavy (non-hydrogen) atoms. The second-order valence-corrected chi connectivity index (χ2v) is 5.57. The number of nitro groups is 1. The summed E-state index contributed by atoms with van der Waals surface area (Å²) in [5.74, 6) is 0. The first-order chi connectivity index (χ1) is 9.06. The molecule has 0 unspecified atom stereocenters. The zero-order chi connectivity index (χ0) is 13.9. The van der Waals surface area contributed by atoms with E-state index in [9.17, 15) is 15.2 Å². The molecular formula is C13H17ClN2O3. The van der Waals surface area contributed by atoms with Gasteiger partial charge in [-0.05, 0) is 25.0 Å². The first-order valence-corrected chi connectivity index (χ1v) is 6.73. The maximum atomic E-state index is 11.0. The van der Waals surface area contributed by atoms with Gasteiger partial charge in [-0.25, -0.2) is 0 Å². The molecule has 0 saturated heterocycles. The molecule has 2 N–H and O–H groups in total. The van der Waals surface area contributed by atoms with Crippen LogP contribution in [0.4, 0.5) is 11.4 Å². The highest BCUT2D eigenvalue weighted by molar-refractivity contribution is 6.30. The van der Waals surface area contributed by atoms with Crippen molar-refractivity contribution < 1.29 is 10.0 Å². The van der Waals surface area contributed by atoms with Gasteiger partial charge in [-0.2, -0.15) is 0 Å². The molecule has 104 valence electrons. The van der Waals surface area contributed by atoms with E-state index >= 15 is 0 Å². The van der Waals surface area contributed by atoms with E-state index in [-0.39, 0.29) is 17.7 Å². The number of hydrogen-bond donors (Lipinski definition) is 2. The Bertz CT molecular complexity index is 473. The monoisotopic (exact) mass is 284 g/mol. The van der Waals surface area contributed by atoms with Gasteiger partial charge in [0.15, 0.2) is 0 Å². The van der Waals surface area contributed by atoms with Crippen molar-refractivity contribution in [2.24, 2.45) is 5.41 Å². The third-order valence-electron chi connectivity index (χ3n) is 3.81. The van der Waals surface area contributed by atoms with Gasteiger partial charge in [0.2, 0.25) is 0 Å². The first kappa shape index (κ1) is 14.1. The van der Waals surface area contributed by atoms with Gasteiger partial charge < -0.3 is 10.4 Å². The van der Waals surface area contributed by atoms with Crippen LogP contribution in [0, 0.1) is 15.5 Å². The van der Waals surface area contributed by atoms with Gasteiger partial charge in [0.25, 0.3) is 5.69 Å². The van der Waals surface area contributed by atoms with Crippen LogP contribution in [0.15, 0.2) is 18.2 Å². The zero-order valence-corrected chi connectivity index (χ0v) is 11.3. The van der Waals surface area contributed by atoms with Gasteiger partial charge in [-0.1, -0.05) is 24.4 Å². The minimum absolute atomic E-state index is 0.0291. The number of rotatable bonds is 5. The molecule has 0 amide bonds. The highest BCUT2D eigenvalue weighted by Gasteiger charge is 2.33. The predicted molar refractivity (Wildman–Crippen MR) is 74.6 cm³/mol. The van der Waals surface area contributed by atoms with Crippen molar-refractivity contribution in [2.75, 3.05) is 18.5 Å². The van der Waals surface area contributed by atoms with E-state index < -0.39 is 4.92 Å². The Labute approximate surface area is 116 Å². The second kappa shape index (κ2) is 5.75. The first-order valence-electron chi connectivity index (χ1n) is 6.35. The van der Waals surface area contributed by atoms with Gasteiger partial charge in [0.1, 0.15) is 5.69 Å². The van der Waals surface area contributed by atoms with Gasteiger partial charge in [-0.15, -0.1) is 0 Å². The average Bonchev–Trinajstić information content (AvgIpc) is 2.86. The molecule has 0 heterocycles. The number of anilines is 1. The lowest BCUT2D eigenvalue weighted by Gasteiger charge is -2.27. The number of benzene rings is 1. The third-order valence-corrected chi connectivity index (χ3v) is 4.05. The van der Waals surface area contributed by atoms with Crippen LogP contribution in [0.3, 0.4) is 0 Å². The molecule has 1 aliphatic rings. The minimum Gasteiger partial charge on any atom is -0.396 e. The molecule has 0 atom stereocenters. The molecule has 2 rings (SSSR count). The van der Waals surface area contributed by atoms with Crippen LogP contribution >= 0.6 is 11.6 Å². The Hall–Kier alpha value is -1.33. The fourth-order valence-corrected chi connectivity index (χ4v) is 2.77. The smallest absolute Gasteiger partial charge is 0.293 e. The molecule has 1 aromatic rings. The lowest BCUT2D eigenvalue weighted by atomic mass is 9.87. The van der Waals surface area contributed by atoms with Crippen LogP contribution in [-0.2, 0) is 0 Å². The van der Waals surface area contributed by atoms with Gasteiger partial charge in [0, 0.05) is 23.0 Å². The number of nitrogens with one attached hydrogen (secondary N) is 1. The molecule has 1 aromatic carbocycles. The molecule has 5 nitrogen and oxygen atoms in total. The molecule has 1 fully saturated rings. The van der Waals surface area contributed by atoms with Crippen LogP contribution in [0.25, 0.3) is 0 Å². The number of halogens is 1. The normalized spacial score (nSPS) is 17.4. The fraction of sp³-hybridized carbons (Fsp3) is 0.538. The van der Waals surface area contributed by atoms with E-state index in [0.717, 1.165) is 25.7 Å². The Morgan fingerprint density at radius 1 is 1.42 bits per heavy atom. The van der Waals surface area contributed by atoms with E-state index in [1.165, 1.54) is 6.07 Å². The minimum atomic E-state index is -0.450. The molecule has 0 aromatic heterocycles. The largest absolute Gasteiger partial charge is 0.396 e. The van der Waals surface area contributed by atoms with E-state index in [4.69, 9.17) is 11.6 Å². The number of aliphatic hydroxyl groups is 1. The van der Waals surface area contributed by atoms with Crippen LogP contribution < -0.4 is 5.32 Å². The maximum Gasteiger partial charge on any atom is 0.293 e. The molecule has 0 spiro atoms. The Balaban J connectivity index is 2.13. The van der Waals surface area contributed by atoms with Crippen molar-refractivity contribution in [1.82, 2.24) is 0 Å². The summed E-state index contributed by atoms with van der Waals surface area (Å²) in [5.41, 5.74) is 0.278. The molecule has 1 aliphatic carbocycles. The summed E-state index contributed by atoms with van der Waals surface area (Å²) in [4.78, 5) is 10.5. The number of nitrogens with zero attached hydrogens (tertiary/aromatic N) is 1. The van der Waals surface area contributed by atoms with Gasteiger partial charge >= 0.3 is 0 Å². The Morgan fingerprint density at radius 2 is 2.11 bits per heavy atom.